The number of H-pyrrole nitrogens is 1. The summed E-state index contributed by atoms with van der Waals surface area (Å²) in [6.45, 7) is 0.976. The van der Waals surface area contributed by atoms with Crippen molar-refractivity contribution in [3.8, 4) is 5.69 Å². The predicted octanol–water partition coefficient (Wildman–Crippen LogP) is 4.05. The third-order valence-corrected chi connectivity index (χ3v) is 4.79. The number of hydrogen-bond donors (Lipinski definition) is 3. The number of aromatic amines is 1. The molecule has 4 aromatic rings. The van der Waals surface area contributed by atoms with Crippen molar-refractivity contribution < 1.29 is 4.79 Å². The van der Waals surface area contributed by atoms with Gasteiger partial charge in [0.25, 0.3) is 0 Å². The van der Waals surface area contributed by atoms with E-state index in [0.717, 1.165) is 23.2 Å². The fourth-order valence-corrected chi connectivity index (χ4v) is 3.21. The van der Waals surface area contributed by atoms with Crippen LogP contribution < -0.4 is 10.6 Å². The molecule has 0 atom stereocenters. The van der Waals surface area contributed by atoms with Gasteiger partial charge in [0, 0.05) is 47.0 Å². The van der Waals surface area contributed by atoms with Crippen LogP contribution in [0, 0.1) is 0 Å². The molecule has 0 aliphatic heterocycles. The van der Waals surface area contributed by atoms with Gasteiger partial charge in [-0.25, -0.2) is 9.48 Å². The van der Waals surface area contributed by atoms with E-state index in [4.69, 9.17) is 11.6 Å². The Bertz CT molecular complexity index is 1080. The first-order chi connectivity index (χ1) is 13.7. The molecule has 0 radical (unpaired) electrons. The van der Waals surface area contributed by atoms with Crippen LogP contribution in [0.1, 0.15) is 11.1 Å². The average Bonchev–Trinajstić information content (AvgIpc) is 3.35. The van der Waals surface area contributed by atoms with Gasteiger partial charge in [0.15, 0.2) is 0 Å². The van der Waals surface area contributed by atoms with Gasteiger partial charge in [-0.1, -0.05) is 29.8 Å². The van der Waals surface area contributed by atoms with Crippen molar-refractivity contribution in [1.29, 1.82) is 0 Å². The summed E-state index contributed by atoms with van der Waals surface area (Å²) in [5.74, 6) is 0. The molecule has 0 spiro atoms. The number of urea groups is 1. The van der Waals surface area contributed by atoms with Gasteiger partial charge in [0.05, 0.1) is 11.9 Å². The van der Waals surface area contributed by atoms with Crippen LogP contribution in [-0.2, 0) is 13.0 Å². The van der Waals surface area contributed by atoms with E-state index in [0.29, 0.717) is 18.1 Å². The monoisotopic (exact) mass is 393 g/mol. The Balaban J connectivity index is 1.25. The van der Waals surface area contributed by atoms with E-state index in [1.54, 1.807) is 10.9 Å². The molecule has 0 aliphatic carbocycles. The van der Waals surface area contributed by atoms with Gasteiger partial charge in [0.1, 0.15) is 0 Å². The fraction of sp³-hybridized carbons (Fsp3) is 0.143. The van der Waals surface area contributed by atoms with E-state index in [9.17, 15) is 4.79 Å². The highest BCUT2D eigenvalue weighted by Gasteiger charge is 2.06. The van der Waals surface area contributed by atoms with Gasteiger partial charge < -0.3 is 15.6 Å². The number of fused-ring (bicyclic) bond motifs is 1. The molecule has 2 aromatic heterocycles. The SMILES string of the molecule is O=C(NCCc1c[nH]c2ccccc12)NCc1cnn(-c2ccc(Cl)cc2)c1. The summed E-state index contributed by atoms with van der Waals surface area (Å²) in [4.78, 5) is 15.3. The van der Waals surface area contributed by atoms with Crippen LogP contribution in [0.4, 0.5) is 4.79 Å². The van der Waals surface area contributed by atoms with Gasteiger partial charge in [0.2, 0.25) is 0 Å². The number of rotatable bonds is 6. The van der Waals surface area contributed by atoms with Crippen molar-refractivity contribution in [3.63, 3.8) is 0 Å². The van der Waals surface area contributed by atoms with Crippen LogP contribution in [0.15, 0.2) is 67.1 Å². The number of amides is 2. The zero-order valence-corrected chi connectivity index (χ0v) is 15.9. The molecule has 6 nitrogen and oxygen atoms in total. The number of para-hydroxylation sites is 1. The molecule has 2 heterocycles. The molecular formula is C21H20ClN5O. The number of carbonyl (C=O) groups excluding carboxylic acids is 1. The van der Waals surface area contributed by atoms with E-state index in [1.807, 2.05) is 54.9 Å². The Labute approximate surface area is 167 Å². The summed E-state index contributed by atoms with van der Waals surface area (Å²) in [6.07, 6.45) is 6.39. The summed E-state index contributed by atoms with van der Waals surface area (Å²) in [6, 6.07) is 15.4. The molecule has 7 heteroatoms. The third-order valence-electron chi connectivity index (χ3n) is 4.54. The van der Waals surface area contributed by atoms with E-state index in [-0.39, 0.29) is 6.03 Å². The minimum atomic E-state index is -0.195. The van der Waals surface area contributed by atoms with E-state index >= 15 is 0 Å². The lowest BCUT2D eigenvalue weighted by Crippen LogP contribution is -2.36. The smallest absolute Gasteiger partial charge is 0.315 e. The van der Waals surface area contributed by atoms with Crippen LogP contribution >= 0.6 is 11.6 Å². The van der Waals surface area contributed by atoms with E-state index in [2.05, 4.69) is 26.8 Å². The Morgan fingerprint density at radius 1 is 1.11 bits per heavy atom. The average molecular weight is 394 g/mol. The summed E-state index contributed by atoms with van der Waals surface area (Å²) >= 11 is 5.91. The molecule has 0 bridgehead atoms. The first-order valence-corrected chi connectivity index (χ1v) is 9.43. The molecule has 3 N–H and O–H groups in total. The molecule has 0 saturated heterocycles. The fourth-order valence-electron chi connectivity index (χ4n) is 3.08. The molecule has 0 fully saturated rings. The predicted molar refractivity (Wildman–Crippen MR) is 111 cm³/mol. The zero-order valence-electron chi connectivity index (χ0n) is 15.2. The van der Waals surface area contributed by atoms with Crippen molar-refractivity contribution >= 4 is 28.5 Å². The van der Waals surface area contributed by atoms with Gasteiger partial charge in [-0.05, 0) is 42.3 Å². The summed E-state index contributed by atoms with van der Waals surface area (Å²) in [5.41, 5.74) is 4.14. The van der Waals surface area contributed by atoms with Gasteiger partial charge in [-0.3, -0.25) is 0 Å². The normalized spacial score (nSPS) is 10.9. The second-order valence-electron chi connectivity index (χ2n) is 6.49. The highest BCUT2D eigenvalue weighted by Crippen LogP contribution is 2.17. The molecule has 4 rings (SSSR count). The van der Waals surface area contributed by atoms with E-state index in [1.165, 1.54) is 10.9 Å². The number of nitrogens with one attached hydrogen (secondary N) is 3. The number of benzene rings is 2. The lowest BCUT2D eigenvalue weighted by atomic mass is 10.1. The number of aromatic nitrogens is 3. The Kier molecular flexibility index (Phi) is 5.30. The molecule has 0 aliphatic rings. The Morgan fingerprint density at radius 2 is 1.93 bits per heavy atom. The van der Waals surface area contributed by atoms with Crippen LogP contribution in [0.2, 0.25) is 5.02 Å². The zero-order chi connectivity index (χ0) is 19.3. The van der Waals surface area contributed by atoms with Crippen molar-refractivity contribution in [2.24, 2.45) is 0 Å². The summed E-state index contributed by atoms with van der Waals surface area (Å²) in [7, 11) is 0. The number of halogens is 1. The molecule has 0 unspecified atom stereocenters. The lowest BCUT2D eigenvalue weighted by Gasteiger charge is -2.06. The van der Waals surface area contributed by atoms with Crippen molar-refractivity contribution in [2.45, 2.75) is 13.0 Å². The highest BCUT2D eigenvalue weighted by atomic mass is 35.5. The highest BCUT2D eigenvalue weighted by molar-refractivity contribution is 6.30. The first kappa shape index (κ1) is 18.1. The minimum Gasteiger partial charge on any atom is -0.361 e. The minimum absolute atomic E-state index is 0.195. The summed E-state index contributed by atoms with van der Waals surface area (Å²) in [5, 5.41) is 11.9. The topological polar surface area (TPSA) is 74.7 Å². The molecule has 2 amide bonds. The van der Waals surface area contributed by atoms with E-state index < -0.39 is 0 Å². The number of hydrogen-bond acceptors (Lipinski definition) is 2. The quantitative estimate of drug-likeness (QED) is 0.462. The van der Waals surface area contributed by atoms with Gasteiger partial charge >= 0.3 is 6.03 Å². The number of carbonyl (C=O) groups is 1. The molecule has 142 valence electrons. The Morgan fingerprint density at radius 3 is 2.79 bits per heavy atom. The van der Waals surface area contributed by atoms with Gasteiger partial charge in [-0.2, -0.15) is 5.10 Å². The summed E-state index contributed by atoms with van der Waals surface area (Å²) < 4.78 is 1.75. The second-order valence-corrected chi connectivity index (χ2v) is 6.92. The molecule has 0 saturated carbocycles. The Hall–Kier alpha value is -3.25. The number of nitrogens with zero attached hydrogens (tertiary/aromatic N) is 2. The maximum Gasteiger partial charge on any atom is 0.315 e. The van der Waals surface area contributed by atoms with Crippen LogP contribution in [-0.4, -0.2) is 27.3 Å². The maximum absolute atomic E-state index is 12.1. The van der Waals surface area contributed by atoms with Crippen molar-refractivity contribution in [2.75, 3.05) is 6.54 Å². The van der Waals surface area contributed by atoms with Crippen LogP contribution in [0.5, 0.6) is 0 Å². The largest absolute Gasteiger partial charge is 0.361 e. The molecule has 28 heavy (non-hydrogen) atoms. The molecular weight excluding hydrogens is 374 g/mol. The molecule has 2 aromatic carbocycles. The van der Waals surface area contributed by atoms with Crippen molar-refractivity contribution in [1.82, 2.24) is 25.4 Å². The maximum atomic E-state index is 12.1. The van der Waals surface area contributed by atoms with Crippen LogP contribution in [0.25, 0.3) is 16.6 Å². The first-order valence-electron chi connectivity index (χ1n) is 9.05. The van der Waals surface area contributed by atoms with Crippen LogP contribution in [0.3, 0.4) is 0 Å². The third kappa shape index (κ3) is 4.18. The second kappa shape index (κ2) is 8.19. The van der Waals surface area contributed by atoms with Crippen molar-refractivity contribution in [3.05, 3.63) is 83.3 Å². The standard InChI is InChI=1S/C21H20ClN5O/c22-17-5-7-18(8-6-17)27-14-15(12-26-27)11-25-21(28)23-10-9-16-13-24-20-4-2-1-3-19(16)20/h1-8,12-14,24H,9-11H2,(H2,23,25,28). The van der Waals surface area contributed by atoms with Gasteiger partial charge in [-0.15, -0.1) is 0 Å². The lowest BCUT2D eigenvalue weighted by molar-refractivity contribution is 0.240.